The largest absolute Gasteiger partial charge is 0.392 e. The van der Waals surface area contributed by atoms with Gasteiger partial charge in [-0.3, -0.25) is 0 Å². The Balaban J connectivity index is 2.10. The summed E-state index contributed by atoms with van der Waals surface area (Å²) in [5, 5.41) is 8.83. The lowest BCUT2D eigenvalue weighted by atomic mass is 10.3. The second kappa shape index (κ2) is 4.71. The third-order valence-corrected chi connectivity index (χ3v) is 2.17. The maximum atomic E-state index is 8.83. The summed E-state index contributed by atoms with van der Waals surface area (Å²) >= 11 is 0. The molecule has 0 radical (unpaired) electrons. The van der Waals surface area contributed by atoms with Crippen molar-refractivity contribution in [1.82, 2.24) is 19.6 Å². The molecule has 0 aliphatic carbocycles. The molecule has 2 aromatic heterocycles. The maximum absolute atomic E-state index is 8.83. The lowest BCUT2D eigenvalue weighted by Crippen LogP contribution is -2.14. The first kappa shape index (κ1) is 10.6. The SMILES string of the molecule is CC(=CCNn1cnc2cncnc21)CO. The number of aliphatic hydroxyl groups excluding tert-OH is 1. The fraction of sp³-hybridized carbons (Fsp3) is 0.300. The molecule has 0 aromatic carbocycles. The second-order valence-corrected chi connectivity index (χ2v) is 3.42. The molecule has 0 bridgehead atoms. The zero-order valence-corrected chi connectivity index (χ0v) is 8.96. The third kappa shape index (κ3) is 2.17. The second-order valence-electron chi connectivity index (χ2n) is 3.42. The quantitative estimate of drug-likeness (QED) is 0.724. The van der Waals surface area contributed by atoms with Gasteiger partial charge in [0.2, 0.25) is 0 Å². The normalized spacial score (nSPS) is 12.0. The van der Waals surface area contributed by atoms with Crippen LogP contribution in [0.25, 0.3) is 11.2 Å². The minimum Gasteiger partial charge on any atom is -0.392 e. The summed E-state index contributed by atoms with van der Waals surface area (Å²) < 4.78 is 1.73. The Labute approximate surface area is 92.6 Å². The molecule has 0 unspecified atom stereocenters. The molecule has 0 atom stereocenters. The van der Waals surface area contributed by atoms with Gasteiger partial charge in [-0.1, -0.05) is 11.6 Å². The van der Waals surface area contributed by atoms with Crippen LogP contribution < -0.4 is 5.43 Å². The fourth-order valence-corrected chi connectivity index (χ4v) is 1.27. The zero-order chi connectivity index (χ0) is 11.4. The van der Waals surface area contributed by atoms with Crippen molar-refractivity contribution in [2.75, 3.05) is 18.6 Å². The maximum Gasteiger partial charge on any atom is 0.181 e. The van der Waals surface area contributed by atoms with Crippen LogP contribution in [0.15, 0.2) is 30.5 Å². The number of nitrogens with one attached hydrogen (secondary N) is 1. The van der Waals surface area contributed by atoms with Gasteiger partial charge in [-0.2, -0.15) is 0 Å². The van der Waals surface area contributed by atoms with Crippen LogP contribution in [0.1, 0.15) is 6.92 Å². The van der Waals surface area contributed by atoms with E-state index in [4.69, 9.17) is 5.11 Å². The molecular formula is C10H13N5O. The lowest BCUT2D eigenvalue weighted by molar-refractivity contribution is 0.331. The first-order valence-corrected chi connectivity index (χ1v) is 4.94. The lowest BCUT2D eigenvalue weighted by Gasteiger charge is -2.04. The van der Waals surface area contributed by atoms with E-state index in [1.807, 2.05) is 13.0 Å². The number of imidazole rings is 1. The average Bonchev–Trinajstić information content (AvgIpc) is 2.73. The fourth-order valence-electron chi connectivity index (χ4n) is 1.27. The Kier molecular flexibility index (Phi) is 3.11. The Bertz CT molecular complexity index is 505. The van der Waals surface area contributed by atoms with Crippen LogP contribution in [0.3, 0.4) is 0 Å². The highest BCUT2D eigenvalue weighted by atomic mass is 16.3. The molecule has 6 heteroatoms. The van der Waals surface area contributed by atoms with Gasteiger partial charge >= 0.3 is 0 Å². The highest BCUT2D eigenvalue weighted by Crippen LogP contribution is 2.04. The van der Waals surface area contributed by atoms with Crippen LogP contribution >= 0.6 is 0 Å². The van der Waals surface area contributed by atoms with E-state index >= 15 is 0 Å². The number of fused-ring (bicyclic) bond motifs is 1. The predicted octanol–water partition coefficient (Wildman–Crippen LogP) is 0.308. The molecule has 0 aliphatic rings. The van der Waals surface area contributed by atoms with Gasteiger partial charge in [0.15, 0.2) is 5.65 Å². The molecule has 2 aromatic rings. The molecule has 0 fully saturated rings. The van der Waals surface area contributed by atoms with Crippen LogP contribution in [-0.2, 0) is 0 Å². The van der Waals surface area contributed by atoms with Crippen LogP contribution in [0, 0.1) is 0 Å². The van der Waals surface area contributed by atoms with Crippen LogP contribution in [0.2, 0.25) is 0 Å². The molecule has 0 aliphatic heterocycles. The number of rotatable bonds is 4. The Hall–Kier alpha value is -1.95. The first-order valence-electron chi connectivity index (χ1n) is 4.94. The van der Waals surface area contributed by atoms with Crippen molar-refractivity contribution < 1.29 is 5.11 Å². The molecule has 0 spiro atoms. The van der Waals surface area contributed by atoms with Crippen molar-refractivity contribution in [2.24, 2.45) is 0 Å². The van der Waals surface area contributed by atoms with Crippen molar-refractivity contribution in [3.63, 3.8) is 0 Å². The topological polar surface area (TPSA) is 75.9 Å². The Morgan fingerprint density at radius 1 is 1.56 bits per heavy atom. The highest BCUT2D eigenvalue weighted by molar-refractivity contribution is 5.69. The van der Waals surface area contributed by atoms with Gasteiger partial charge in [0.05, 0.1) is 12.8 Å². The molecule has 0 amide bonds. The minimum absolute atomic E-state index is 0.0779. The third-order valence-electron chi connectivity index (χ3n) is 2.17. The van der Waals surface area contributed by atoms with E-state index in [1.165, 1.54) is 6.33 Å². The number of aliphatic hydroxyl groups is 1. The number of hydrogen-bond acceptors (Lipinski definition) is 5. The molecule has 2 N–H and O–H groups in total. The number of aromatic nitrogens is 4. The molecule has 6 nitrogen and oxygen atoms in total. The van der Waals surface area contributed by atoms with Crippen molar-refractivity contribution in [3.05, 3.63) is 30.5 Å². The van der Waals surface area contributed by atoms with Crippen molar-refractivity contribution in [3.8, 4) is 0 Å². The highest BCUT2D eigenvalue weighted by Gasteiger charge is 2.01. The summed E-state index contributed by atoms with van der Waals surface area (Å²) in [5.41, 5.74) is 5.52. The van der Waals surface area contributed by atoms with E-state index < -0.39 is 0 Å². The monoisotopic (exact) mass is 219 g/mol. The smallest absolute Gasteiger partial charge is 0.181 e. The van der Waals surface area contributed by atoms with E-state index in [0.717, 1.165) is 16.7 Å². The van der Waals surface area contributed by atoms with Gasteiger partial charge in [-0.15, -0.1) is 0 Å². The van der Waals surface area contributed by atoms with E-state index in [1.54, 1.807) is 17.2 Å². The van der Waals surface area contributed by atoms with E-state index in [-0.39, 0.29) is 6.61 Å². The van der Waals surface area contributed by atoms with Gasteiger partial charge < -0.3 is 10.5 Å². The Morgan fingerprint density at radius 3 is 3.25 bits per heavy atom. The molecule has 0 saturated carbocycles. The molecular weight excluding hydrogens is 206 g/mol. The van der Waals surface area contributed by atoms with Gasteiger partial charge in [0.25, 0.3) is 0 Å². The van der Waals surface area contributed by atoms with Gasteiger partial charge in [0.1, 0.15) is 18.2 Å². The van der Waals surface area contributed by atoms with Crippen LogP contribution in [0.4, 0.5) is 0 Å². The van der Waals surface area contributed by atoms with E-state index in [2.05, 4.69) is 20.4 Å². The standard InChI is InChI=1S/C10H13N5O/c1-8(5-16)2-3-14-15-7-13-9-4-11-6-12-10(9)15/h2,4,6-7,14,16H,3,5H2,1H3. The molecule has 0 saturated heterocycles. The Morgan fingerprint density at radius 2 is 2.44 bits per heavy atom. The van der Waals surface area contributed by atoms with Crippen molar-refractivity contribution in [1.29, 1.82) is 0 Å². The first-order chi connectivity index (χ1) is 7.81. The summed E-state index contributed by atoms with van der Waals surface area (Å²) in [5.74, 6) is 0. The summed E-state index contributed by atoms with van der Waals surface area (Å²) in [6.45, 7) is 2.56. The zero-order valence-electron chi connectivity index (χ0n) is 8.96. The predicted molar refractivity (Wildman–Crippen MR) is 60.4 cm³/mol. The van der Waals surface area contributed by atoms with Gasteiger partial charge in [0, 0.05) is 6.54 Å². The number of hydrogen-bond donors (Lipinski definition) is 2. The summed E-state index contributed by atoms with van der Waals surface area (Å²) in [6.07, 6.45) is 6.71. The summed E-state index contributed by atoms with van der Waals surface area (Å²) in [6, 6.07) is 0. The van der Waals surface area contributed by atoms with Gasteiger partial charge in [-0.25, -0.2) is 19.6 Å². The van der Waals surface area contributed by atoms with E-state index in [9.17, 15) is 0 Å². The van der Waals surface area contributed by atoms with Crippen LogP contribution in [-0.4, -0.2) is 37.9 Å². The summed E-state index contributed by atoms with van der Waals surface area (Å²) in [7, 11) is 0. The van der Waals surface area contributed by atoms with Crippen LogP contribution in [0.5, 0.6) is 0 Å². The minimum atomic E-state index is 0.0779. The molecule has 16 heavy (non-hydrogen) atoms. The molecule has 2 rings (SSSR count). The van der Waals surface area contributed by atoms with E-state index in [0.29, 0.717) is 6.54 Å². The molecule has 84 valence electrons. The molecule has 2 heterocycles. The van der Waals surface area contributed by atoms with Gasteiger partial charge in [-0.05, 0) is 6.92 Å². The van der Waals surface area contributed by atoms with Crippen molar-refractivity contribution >= 4 is 11.2 Å². The number of nitrogens with zero attached hydrogens (tertiary/aromatic N) is 4. The average molecular weight is 219 g/mol. The van der Waals surface area contributed by atoms with Crippen molar-refractivity contribution in [2.45, 2.75) is 6.92 Å². The summed E-state index contributed by atoms with van der Waals surface area (Å²) in [4.78, 5) is 12.1.